The lowest BCUT2D eigenvalue weighted by molar-refractivity contribution is 0.000976. The SMILES string of the molecule is COc1cnc(Cl)c(F)c1-c1cc(C)ncc1C(=O)Nc1nnc(C(=O)N(C)C2CCC(OC3CC3)CC2)s1. The highest BCUT2D eigenvalue weighted by Crippen LogP contribution is 2.37. The summed E-state index contributed by atoms with van der Waals surface area (Å²) in [5.41, 5.74) is 0.821. The van der Waals surface area contributed by atoms with Crippen molar-refractivity contribution in [3.05, 3.63) is 45.7 Å². The van der Waals surface area contributed by atoms with E-state index in [4.69, 9.17) is 21.1 Å². The number of rotatable bonds is 8. The van der Waals surface area contributed by atoms with Crippen molar-refractivity contribution in [1.29, 1.82) is 0 Å². The van der Waals surface area contributed by atoms with E-state index in [-0.39, 0.29) is 55.8 Å². The molecule has 2 aliphatic carbocycles. The number of anilines is 1. The van der Waals surface area contributed by atoms with Gasteiger partial charge in [-0.05, 0) is 51.5 Å². The van der Waals surface area contributed by atoms with Crippen LogP contribution in [0.4, 0.5) is 9.52 Å². The normalized spacial score (nSPS) is 19.0. The summed E-state index contributed by atoms with van der Waals surface area (Å²) in [5.74, 6) is -1.58. The molecule has 5 rings (SSSR count). The third-order valence-electron chi connectivity index (χ3n) is 6.97. The van der Waals surface area contributed by atoms with Crippen LogP contribution in [0.25, 0.3) is 11.1 Å². The number of ether oxygens (including phenoxy) is 2. The lowest BCUT2D eigenvalue weighted by Gasteiger charge is -2.34. The summed E-state index contributed by atoms with van der Waals surface area (Å²) in [6.07, 6.45) is 9.21. The minimum Gasteiger partial charge on any atom is -0.494 e. The van der Waals surface area contributed by atoms with Gasteiger partial charge in [-0.15, -0.1) is 10.2 Å². The van der Waals surface area contributed by atoms with Crippen LogP contribution < -0.4 is 10.1 Å². The number of amides is 2. The van der Waals surface area contributed by atoms with Crippen LogP contribution in [0.2, 0.25) is 5.15 Å². The van der Waals surface area contributed by atoms with Crippen LogP contribution in [0.3, 0.4) is 0 Å². The molecule has 39 heavy (non-hydrogen) atoms. The maximum Gasteiger partial charge on any atom is 0.284 e. The van der Waals surface area contributed by atoms with Gasteiger partial charge in [0.1, 0.15) is 5.75 Å². The summed E-state index contributed by atoms with van der Waals surface area (Å²) in [7, 11) is 3.13. The molecule has 2 saturated carbocycles. The van der Waals surface area contributed by atoms with Crippen LogP contribution in [-0.2, 0) is 4.74 Å². The van der Waals surface area contributed by atoms with Gasteiger partial charge in [0.25, 0.3) is 11.8 Å². The number of carbonyl (C=O) groups is 2. The Morgan fingerprint density at radius 1 is 1.10 bits per heavy atom. The van der Waals surface area contributed by atoms with E-state index in [1.165, 1.54) is 19.5 Å². The molecule has 0 atom stereocenters. The molecule has 2 fully saturated rings. The second-order valence-corrected chi connectivity index (χ2v) is 11.1. The number of aromatic nitrogens is 4. The Morgan fingerprint density at radius 2 is 1.79 bits per heavy atom. The van der Waals surface area contributed by atoms with Crippen molar-refractivity contribution in [2.75, 3.05) is 19.5 Å². The van der Waals surface area contributed by atoms with E-state index in [0.29, 0.717) is 11.8 Å². The van der Waals surface area contributed by atoms with Crippen molar-refractivity contribution in [3.8, 4) is 16.9 Å². The lowest BCUT2D eigenvalue weighted by Crippen LogP contribution is -2.40. The van der Waals surface area contributed by atoms with E-state index in [0.717, 1.165) is 49.9 Å². The molecule has 206 valence electrons. The van der Waals surface area contributed by atoms with Gasteiger partial charge in [-0.2, -0.15) is 0 Å². The fourth-order valence-electron chi connectivity index (χ4n) is 4.69. The van der Waals surface area contributed by atoms with E-state index in [2.05, 4.69) is 25.5 Å². The Kier molecular flexibility index (Phi) is 8.06. The summed E-state index contributed by atoms with van der Waals surface area (Å²) < 4.78 is 26.3. The summed E-state index contributed by atoms with van der Waals surface area (Å²) in [4.78, 5) is 36.0. The van der Waals surface area contributed by atoms with Crippen LogP contribution in [0.1, 0.15) is 64.4 Å². The van der Waals surface area contributed by atoms with E-state index in [1.807, 2.05) is 0 Å². The number of halogens is 2. The van der Waals surface area contributed by atoms with E-state index in [1.54, 1.807) is 24.9 Å². The van der Waals surface area contributed by atoms with Gasteiger partial charge in [-0.25, -0.2) is 9.37 Å². The molecule has 2 amide bonds. The number of carbonyl (C=O) groups excluding carboxylic acids is 2. The number of hydrogen-bond acceptors (Lipinski definition) is 9. The minimum absolute atomic E-state index is 0.0137. The molecule has 1 N–H and O–H groups in total. The standard InChI is InChI=1S/C26H28ClFN6O4S/c1-13-10-17(20-19(37-3)12-30-22(27)21(20)28)18(11-29-13)23(35)31-26-33-32-24(39-26)25(36)34(2)14-4-6-15(7-5-14)38-16-8-9-16/h10-12,14-16H,4-9H2,1-3H3,(H,31,33,35). The minimum atomic E-state index is -0.823. The molecule has 3 aromatic heterocycles. The van der Waals surface area contributed by atoms with Crippen molar-refractivity contribution in [1.82, 2.24) is 25.1 Å². The molecule has 3 aromatic rings. The molecule has 0 radical (unpaired) electrons. The highest BCUT2D eigenvalue weighted by molar-refractivity contribution is 7.17. The zero-order valence-electron chi connectivity index (χ0n) is 21.7. The van der Waals surface area contributed by atoms with Gasteiger partial charge in [-0.3, -0.25) is 19.9 Å². The van der Waals surface area contributed by atoms with Gasteiger partial charge in [0.2, 0.25) is 10.1 Å². The largest absolute Gasteiger partial charge is 0.494 e. The average Bonchev–Trinajstić information content (AvgIpc) is 3.63. The highest BCUT2D eigenvalue weighted by atomic mass is 35.5. The van der Waals surface area contributed by atoms with Crippen molar-refractivity contribution in [2.45, 2.75) is 63.7 Å². The molecule has 0 bridgehead atoms. The van der Waals surface area contributed by atoms with Crippen LogP contribution >= 0.6 is 22.9 Å². The number of aryl methyl sites for hydroxylation is 1. The van der Waals surface area contributed by atoms with E-state index in [9.17, 15) is 9.59 Å². The maximum atomic E-state index is 15.0. The topological polar surface area (TPSA) is 119 Å². The van der Waals surface area contributed by atoms with Crippen LogP contribution in [0.5, 0.6) is 5.75 Å². The summed E-state index contributed by atoms with van der Waals surface area (Å²) in [6, 6.07) is 1.65. The Labute approximate surface area is 233 Å². The molecule has 0 aromatic carbocycles. The number of nitrogens with one attached hydrogen (secondary N) is 1. The summed E-state index contributed by atoms with van der Waals surface area (Å²) in [5, 5.41) is 10.6. The molecule has 10 nitrogen and oxygen atoms in total. The lowest BCUT2D eigenvalue weighted by atomic mass is 9.92. The predicted octanol–water partition coefficient (Wildman–Crippen LogP) is 4.92. The fourth-order valence-corrected chi connectivity index (χ4v) is 5.55. The molecule has 0 unspecified atom stereocenters. The number of methoxy groups -OCH3 is 1. The fraction of sp³-hybridized carbons (Fsp3) is 0.462. The van der Waals surface area contributed by atoms with Crippen molar-refractivity contribution >= 4 is 39.9 Å². The first-order chi connectivity index (χ1) is 18.7. The molecule has 2 aliphatic rings. The first-order valence-electron chi connectivity index (χ1n) is 12.7. The van der Waals surface area contributed by atoms with Gasteiger partial charge in [0.05, 0.1) is 36.6 Å². The summed E-state index contributed by atoms with van der Waals surface area (Å²) in [6.45, 7) is 1.71. The van der Waals surface area contributed by atoms with Crippen LogP contribution in [0.15, 0.2) is 18.5 Å². The maximum absolute atomic E-state index is 15.0. The first kappa shape index (κ1) is 27.4. The Bertz CT molecular complexity index is 1390. The molecule has 3 heterocycles. The van der Waals surface area contributed by atoms with Gasteiger partial charge in [0, 0.05) is 30.5 Å². The third kappa shape index (κ3) is 6.02. The van der Waals surface area contributed by atoms with Gasteiger partial charge >= 0.3 is 0 Å². The Balaban J connectivity index is 1.29. The average molecular weight is 575 g/mol. The van der Waals surface area contributed by atoms with Gasteiger partial charge < -0.3 is 14.4 Å². The third-order valence-corrected chi connectivity index (χ3v) is 8.06. The van der Waals surface area contributed by atoms with Crippen molar-refractivity contribution in [2.24, 2.45) is 0 Å². The zero-order chi connectivity index (χ0) is 27.7. The predicted molar refractivity (Wildman–Crippen MR) is 144 cm³/mol. The van der Waals surface area contributed by atoms with E-state index >= 15 is 4.39 Å². The molecule has 0 saturated heterocycles. The van der Waals surface area contributed by atoms with Crippen LogP contribution in [0, 0.1) is 12.7 Å². The number of pyridine rings is 2. The first-order valence-corrected chi connectivity index (χ1v) is 13.9. The Morgan fingerprint density at radius 3 is 2.46 bits per heavy atom. The van der Waals surface area contributed by atoms with Crippen molar-refractivity contribution in [3.63, 3.8) is 0 Å². The molecular formula is C26H28ClFN6O4S. The number of hydrogen-bond donors (Lipinski definition) is 1. The number of nitrogens with zero attached hydrogens (tertiary/aromatic N) is 5. The van der Waals surface area contributed by atoms with Crippen molar-refractivity contribution < 1.29 is 23.5 Å². The second-order valence-electron chi connectivity index (χ2n) is 9.73. The van der Waals surface area contributed by atoms with Crippen LogP contribution in [-0.4, -0.2) is 69.3 Å². The quantitative estimate of drug-likeness (QED) is 0.377. The molecular weight excluding hydrogens is 547 g/mol. The monoisotopic (exact) mass is 574 g/mol. The zero-order valence-corrected chi connectivity index (χ0v) is 23.3. The van der Waals surface area contributed by atoms with Gasteiger partial charge in [0.15, 0.2) is 11.0 Å². The second kappa shape index (κ2) is 11.5. The van der Waals surface area contributed by atoms with E-state index < -0.39 is 11.7 Å². The molecule has 0 spiro atoms. The summed E-state index contributed by atoms with van der Waals surface area (Å²) >= 11 is 6.89. The highest BCUT2D eigenvalue weighted by Gasteiger charge is 2.32. The smallest absolute Gasteiger partial charge is 0.284 e. The molecule has 13 heteroatoms. The Hall–Kier alpha value is -3.22. The molecule has 0 aliphatic heterocycles. The van der Waals surface area contributed by atoms with Gasteiger partial charge in [-0.1, -0.05) is 22.9 Å².